The van der Waals surface area contributed by atoms with Crippen LogP contribution in [0.4, 0.5) is 0 Å². The molecule has 0 aliphatic carbocycles. The molecule has 27 heavy (non-hydrogen) atoms. The number of aliphatic hydroxyl groups is 2. The zero-order valence-corrected chi connectivity index (χ0v) is 16.8. The van der Waals surface area contributed by atoms with Crippen molar-refractivity contribution in [1.82, 2.24) is 0 Å². The first-order chi connectivity index (χ1) is 12.6. The molecule has 0 unspecified atom stereocenters. The molecule has 2 aliphatic rings. The Balaban J connectivity index is 1.80. The van der Waals surface area contributed by atoms with Crippen molar-refractivity contribution in [2.45, 2.75) is 71.1 Å². The number of esters is 1. The van der Waals surface area contributed by atoms with Gasteiger partial charge in [-0.2, -0.15) is 0 Å². The van der Waals surface area contributed by atoms with Crippen molar-refractivity contribution in [2.24, 2.45) is 11.8 Å². The average Bonchev–Trinajstić information content (AvgIpc) is 3.29. The highest BCUT2D eigenvalue weighted by Crippen LogP contribution is 2.46. The maximum absolute atomic E-state index is 11.6. The number of rotatable bonds is 8. The van der Waals surface area contributed by atoms with Crippen molar-refractivity contribution < 1.29 is 24.5 Å². The van der Waals surface area contributed by atoms with E-state index in [4.69, 9.17) is 9.47 Å². The normalized spacial score (nSPS) is 34.7. The summed E-state index contributed by atoms with van der Waals surface area (Å²) in [7, 11) is 0. The highest BCUT2D eigenvalue weighted by Gasteiger charge is 2.67. The molecule has 0 saturated carbocycles. The number of carbonyl (C=O) groups excluding carboxylic acids is 1. The van der Waals surface area contributed by atoms with Gasteiger partial charge in [0.1, 0.15) is 11.7 Å². The van der Waals surface area contributed by atoms with E-state index in [1.54, 1.807) is 13.0 Å². The minimum Gasteiger partial charge on any atom is -0.453 e. The third kappa shape index (κ3) is 5.64. The van der Waals surface area contributed by atoms with Gasteiger partial charge in [-0.25, -0.2) is 4.79 Å². The molecule has 150 valence electrons. The van der Waals surface area contributed by atoms with Gasteiger partial charge in [0, 0.05) is 0 Å². The van der Waals surface area contributed by atoms with Crippen molar-refractivity contribution in [2.75, 3.05) is 0 Å². The molecule has 0 amide bonds. The number of allylic oxidation sites excluding steroid dienone is 6. The number of ether oxygens (including phenoxy) is 2. The molecule has 2 rings (SSSR count). The number of carbonyl (C=O) groups is 1. The summed E-state index contributed by atoms with van der Waals surface area (Å²) >= 11 is 0. The highest BCUT2D eigenvalue weighted by atomic mass is 16.7. The van der Waals surface area contributed by atoms with Crippen molar-refractivity contribution in [3.8, 4) is 0 Å². The Hall–Kier alpha value is -1.69. The lowest BCUT2D eigenvalue weighted by Gasteiger charge is -2.25. The number of epoxide rings is 1. The van der Waals surface area contributed by atoms with Gasteiger partial charge in [0.15, 0.2) is 12.2 Å². The van der Waals surface area contributed by atoms with Gasteiger partial charge in [-0.05, 0) is 45.1 Å². The number of hydrogen-bond acceptors (Lipinski definition) is 5. The van der Waals surface area contributed by atoms with Crippen LogP contribution in [0.2, 0.25) is 0 Å². The smallest absolute Gasteiger partial charge is 0.338 e. The molecule has 0 aromatic rings. The second kappa shape index (κ2) is 9.00. The third-order valence-corrected chi connectivity index (χ3v) is 5.26. The van der Waals surface area contributed by atoms with Gasteiger partial charge in [0.05, 0.1) is 6.10 Å². The Labute approximate surface area is 162 Å². The summed E-state index contributed by atoms with van der Waals surface area (Å²) in [5.74, 6) is -0.117. The first-order valence-corrected chi connectivity index (χ1v) is 9.58. The van der Waals surface area contributed by atoms with E-state index >= 15 is 0 Å². The van der Waals surface area contributed by atoms with E-state index in [2.05, 4.69) is 26.0 Å². The maximum atomic E-state index is 11.6. The Bertz CT molecular complexity index is 645. The Morgan fingerprint density at radius 3 is 2.59 bits per heavy atom. The lowest BCUT2D eigenvalue weighted by molar-refractivity contribution is -0.162. The van der Waals surface area contributed by atoms with Crippen LogP contribution in [0.5, 0.6) is 0 Å². The average molecular weight is 376 g/mol. The first kappa shape index (κ1) is 21.6. The van der Waals surface area contributed by atoms with Crippen LogP contribution >= 0.6 is 0 Å². The molecule has 5 nitrogen and oxygen atoms in total. The molecular formula is C22H32O5. The quantitative estimate of drug-likeness (QED) is 0.387. The SMILES string of the molecule is C/C(=C\C=C\[C@@H](C)[C@@H](C)O)C[C@@H](C)/C=C/C=C/[C@H]1OC(=O)[C@H](O)[C@@H]2O[C@]12C. The van der Waals surface area contributed by atoms with Crippen molar-refractivity contribution in [3.05, 3.63) is 48.1 Å². The molecule has 7 atom stereocenters. The van der Waals surface area contributed by atoms with Crippen LogP contribution < -0.4 is 0 Å². The summed E-state index contributed by atoms with van der Waals surface area (Å²) in [6, 6.07) is 0. The van der Waals surface area contributed by atoms with Gasteiger partial charge in [-0.3, -0.25) is 0 Å². The molecule has 2 N–H and O–H groups in total. The van der Waals surface area contributed by atoms with Crippen LogP contribution in [0.25, 0.3) is 0 Å². The largest absolute Gasteiger partial charge is 0.453 e. The fraction of sp³-hybridized carbons (Fsp3) is 0.591. The number of fused-ring (bicyclic) bond motifs is 1. The molecule has 2 saturated heterocycles. The van der Waals surface area contributed by atoms with Crippen molar-refractivity contribution >= 4 is 5.97 Å². The molecule has 0 aromatic heterocycles. The molecule has 5 heteroatoms. The zero-order chi connectivity index (χ0) is 20.2. The summed E-state index contributed by atoms with van der Waals surface area (Å²) in [5.41, 5.74) is 0.653. The van der Waals surface area contributed by atoms with Crippen LogP contribution in [0, 0.1) is 11.8 Å². The minimum atomic E-state index is -1.18. The maximum Gasteiger partial charge on any atom is 0.338 e. The molecule has 2 fully saturated rings. The Morgan fingerprint density at radius 2 is 1.93 bits per heavy atom. The van der Waals surface area contributed by atoms with Crippen molar-refractivity contribution in [3.63, 3.8) is 0 Å². The van der Waals surface area contributed by atoms with E-state index in [0.717, 1.165) is 6.42 Å². The van der Waals surface area contributed by atoms with E-state index < -0.39 is 29.9 Å². The van der Waals surface area contributed by atoms with Crippen LogP contribution in [0.1, 0.15) is 41.0 Å². The lowest BCUT2D eigenvalue weighted by atomic mass is 9.94. The summed E-state index contributed by atoms with van der Waals surface area (Å²) in [5, 5.41) is 19.1. The lowest BCUT2D eigenvalue weighted by Crippen LogP contribution is -2.46. The van der Waals surface area contributed by atoms with Crippen LogP contribution in [-0.2, 0) is 14.3 Å². The van der Waals surface area contributed by atoms with E-state index in [1.165, 1.54) is 5.57 Å². The second-order valence-electron chi connectivity index (χ2n) is 7.97. The molecule has 0 aromatic carbocycles. The fourth-order valence-electron chi connectivity index (χ4n) is 3.13. The highest BCUT2D eigenvalue weighted by molar-refractivity contribution is 5.78. The summed E-state index contributed by atoms with van der Waals surface area (Å²) in [4.78, 5) is 11.6. The second-order valence-corrected chi connectivity index (χ2v) is 7.97. The molecule has 0 bridgehead atoms. The monoisotopic (exact) mass is 376 g/mol. The molecule has 0 spiro atoms. The van der Waals surface area contributed by atoms with E-state index in [0.29, 0.717) is 5.92 Å². The topological polar surface area (TPSA) is 79.3 Å². The van der Waals surface area contributed by atoms with Crippen LogP contribution in [0.15, 0.2) is 48.1 Å². The standard InChI is InChI=1S/C22H32O5/c1-14(13-15(2)10-8-11-16(3)17(4)23)9-6-7-12-18-22(5)20(27-22)19(24)21(25)26-18/h6-12,14,16-20,23-24H,13H2,1-5H3/b9-6+,11-8+,12-7+,15-10+/t14-,16+,17+,18+,19+,20-,22+/m0/s1. The van der Waals surface area contributed by atoms with Gasteiger partial charge >= 0.3 is 5.97 Å². The van der Waals surface area contributed by atoms with Gasteiger partial charge in [0.2, 0.25) is 0 Å². The van der Waals surface area contributed by atoms with E-state index in [1.807, 2.05) is 38.2 Å². The zero-order valence-electron chi connectivity index (χ0n) is 16.8. The fourth-order valence-corrected chi connectivity index (χ4v) is 3.13. The van der Waals surface area contributed by atoms with Gasteiger partial charge in [0.25, 0.3) is 0 Å². The number of cyclic esters (lactones) is 1. The van der Waals surface area contributed by atoms with Gasteiger partial charge in [-0.15, -0.1) is 0 Å². The summed E-state index contributed by atoms with van der Waals surface area (Å²) in [6.07, 6.45) is 12.3. The summed E-state index contributed by atoms with van der Waals surface area (Å²) in [6.45, 7) is 9.85. The predicted octanol–water partition coefficient (Wildman–Crippen LogP) is 3.09. The minimum absolute atomic E-state index is 0.142. The van der Waals surface area contributed by atoms with Crippen LogP contribution in [0.3, 0.4) is 0 Å². The molecule has 0 radical (unpaired) electrons. The van der Waals surface area contributed by atoms with E-state index in [-0.39, 0.29) is 12.0 Å². The predicted molar refractivity (Wildman–Crippen MR) is 105 cm³/mol. The van der Waals surface area contributed by atoms with Crippen LogP contribution in [-0.4, -0.2) is 46.2 Å². The third-order valence-electron chi connectivity index (χ3n) is 5.26. The molecule has 2 heterocycles. The van der Waals surface area contributed by atoms with Gasteiger partial charge in [-0.1, -0.05) is 55.9 Å². The van der Waals surface area contributed by atoms with Crippen molar-refractivity contribution in [1.29, 1.82) is 0 Å². The van der Waals surface area contributed by atoms with Gasteiger partial charge < -0.3 is 19.7 Å². The molecule has 2 aliphatic heterocycles. The number of hydrogen-bond donors (Lipinski definition) is 2. The Kier molecular flexibility index (Phi) is 7.20. The number of aliphatic hydroxyl groups excluding tert-OH is 2. The van der Waals surface area contributed by atoms with E-state index in [9.17, 15) is 15.0 Å². The summed E-state index contributed by atoms with van der Waals surface area (Å²) < 4.78 is 10.7. The molecular weight excluding hydrogens is 344 g/mol. The Morgan fingerprint density at radius 1 is 1.22 bits per heavy atom. The first-order valence-electron chi connectivity index (χ1n) is 9.58.